The second-order valence-corrected chi connectivity index (χ2v) is 5.96. The predicted octanol–water partition coefficient (Wildman–Crippen LogP) is 3.74. The molecule has 1 fully saturated rings. The third-order valence-corrected chi connectivity index (χ3v) is 4.29. The lowest BCUT2D eigenvalue weighted by Crippen LogP contribution is -2.33. The highest BCUT2D eigenvalue weighted by molar-refractivity contribution is 6.30. The van der Waals surface area contributed by atoms with Gasteiger partial charge in [-0.2, -0.15) is 0 Å². The molecule has 4 nitrogen and oxygen atoms in total. The smallest absolute Gasteiger partial charge is 0.132 e. The number of hydrogen-bond donors (Lipinski definition) is 3. The van der Waals surface area contributed by atoms with Crippen molar-refractivity contribution in [2.45, 2.75) is 45.4 Å². The standard InChI is InChI=1S/C16H23ClN4/c1-2-6-13(18)12-9-14(17)21(15(19)10-12)16(20)11-7-4-3-5-8-11/h6,9-11,19-20H,2-5,7-8,18H2,1H3/b13-6-,19-15?,20-16?. The van der Waals surface area contributed by atoms with Crippen molar-refractivity contribution in [3.8, 4) is 0 Å². The molecule has 1 saturated carbocycles. The quantitative estimate of drug-likeness (QED) is 0.444. The molecule has 0 spiro atoms. The summed E-state index contributed by atoms with van der Waals surface area (Å²) in [6.45, 7) is 2.01. The average Bonchev–Trinajstić information content (AvgIpc) is 2.47. The van der Waals surface area contributed by atoms with E-state index in [9.17, 15) is 0 Å². The Morgan fingerprint density at radius 1 is 1.38 bits per heavy atom. The molecule has 0 amide bonds. The topological polar surface area (TPSA) is 78.7 Å². The van der Waals surface area contributed by atoms with Gasteiger partial charge < -0.3 is 5.73 Å². The van der Waals surface area contributed by atoms with Crippen molar-refractivity contribution in [2.24, 2.45) is 11.7 Å². The number of nitrogens with two attached hydrogens (primary N) is 1. The number of allylic oxidation sites excluding steroid dienone is 1. The van der Waals surface area contributed by atoms with Gasteiger partial charge in [-0.15, -0.1) is 0 Å². The van der Waals surface area contributed by atoms with Crippen molar-refractivity contribution in [2.75, 3.05) is 0 Å². The molecule has 0 radical (unpaired) electrons. The summed E-state index contributed by atoms with van der Waals surface area (Å²) in [5, 5.41) is 16.9. The molecule has 21 heavy (non-hydrogen) atoms. The Morgan fingerprint density at radius 3 is 2.62 bits per heavy atom. The number of hydrogen-bond acceptors (Lipinski definition) is 3. The maximum absolute atomic E-state index is 8.38. The van der Waals surface area contributed by atoms with Gasteiger partial charge in [-0.05, 0) is 31.4 Å². The van der Waals surface area contributed by atoms with Crippen LogP contribution in [0, 0.1) is 16.7 Å². The van der Waals surface area contributed by atoms with Crippen LogP contribution in [0.15, 0.2) is 18.2 Å². The molecule has 4 N–H and O–H groups in total. The van der Waals surface area contributed by atoms with E-state index in [2.05, 4.69) is 0 Å². The Balaban J connectivity index is 2.35. The van der Waals surface area contributed by atoms with Gasteiger partial charge in [0.05, 0.1) is 0 Å². The fourth-order valence-corrected chi connectivity index (χ4v) is 3.17. The number of aromatic nitrogens is 1. The van der Waals surface area contributed by atoms with Crippen LogP contribution in [0.5, 0.6) is 0 Å². The highest BCUT2D eigenvalue weighted by atomic mass is 35.5. The minimum atomic E-state index is 0.208. The van der Waals surface area contributed by atoms with Gasteiger partial charge in [0.2, 0.25) is 0 Å². The van der Waals surface area contributed by atoms with Gasteiger partial charge in [0.25, 0.3) is 0 Å². The number of nitrogens with one attached hydrogen (secondary N) is 2. The van der Waals surface area contributed by atoms with E-state index >= 15 is 0 Å². The molecule has 0 unspecified atom stereocenters. The van der Waals surface area contributed by atoms with Crippen LogP contribution in [0.1, 0.15) is 51.0 Å². The molecule has 0 aliphatic heterocycles. The zero-order valence-corrected chi connectivity index (χ0v) is 13.2. The third kappa shape index (κ3) is 3.56. The van der Waals surface area contributed by atoms with E-state index in [4.69, 9.17) is 28.2 Å². The SMILES string of the molecule is CC/C=C(\N)c1cc(Cl)n(C(=N)C2CCCCC2)c(=N)c1. The van der Waals surface area contributed by atoms with E-state index in [1.54, 1.807) is 12.1 Å². The Hall–Kier alpha value is -1.55. The summed E-state index contributed by atoms with van der Waals surface area (Å²) in [6, 6.07) is 3.43. The van der Waals surface area contributed by atoms with E-state index in [1.807, 2.05) is 13.0 Å². The van der Waals surface area contributed by atoms with Gasteiger partial charge in [0, 0.05) is 17.2 Å². The lowest BCUT2D eigenvalue weighted by Gasteiger charge is -2.24. The molecule has 2 rings (SSSR count). The first kappa shape index (κ1) is 15.8. The predicted molar refractivity (Wildman–Crippen MR) is 87.5 cm³/mol. The Labute approximate surface area is 130 Å². The van der Waals surface area contributed by atoms with Gasteiger partial charge in [-0.3, -0.25) is 15.4 Å². The van der Waals surface area contributed by atoms with Gasteiger partial charge >= 0.3 is 0 Å². The van der Waals surface area contributed by atoms with Gasteiger partial charge in [0.1, 0.15) is 16.5 Å². The van der Waals surface area contributed by atoms with E-state index in [1.165, 1.54) is 11.0 Å². The molecular weight excluding hydrogens is 284 g/mol. The summed E-state index contributed by atoms with van der Waals surface area (Å²) in [6.07, 6.45) is 8.33. The minimum absolute atomic E-state index is 0.208. The summed E-state index contributed by atoms with van der Waals surface area (Å²) < 4.78 is 1.53. The van der Waals surface area contributed by atoms with Crippen molar-refractivity contribution in [1.29, 1.82) is 10.8 Å². The zero-order valence-electron chi connectivity index (χ0n) is 12.5. The first-order chi connectivity index (χ1) is 10.0. The first-order valence-corrected chi connectivity index (χ1v) is 7.94. The summed E-state index contributed by atoms with van der Waals surface area (Å²) in [5.74, 6) is 0.647. The van der Waals surface area contributed by atoms with Gasteiger partial charge in [-0.25, -0.2) is 0 Å². The number of nitrogens with zero attached hydrogens (tertiary/aromatic N) is 1. The van der Waals surface area contributed by atoms with Crippen molar-refractivity contribution in [3.63, 3.8) is 0 Å². The van der Waals surface area contributed by atoms with Crippen LogP contribution < -0.4 is 11.2 Å². The van der Waals surface area contributed by atoms with Crippen LogP contribution in [0.4, 0.5) is 0 Å². The summed E-state index contributed by atoms with van der Waals surface area (Å²) in [4.78, 5) is 0. The summed E-state index contributed by atoms with van der Waals surface area (Å²) >= 11 is 6.31. The second-order valence-electron chi connectivity index (χ2n) is 5.58. The van der Waals surface area contributed by atoms with Gasteiger partial charge in [-0.1, -0.05) is 43.9 Å². The van der Waals surface area contributed by atoms with Crippen molar-refractivity contribution in [3.05, 3.63) is 34.4 Å². The molecule has 1 aromatic heterocycles. The summed E-state index contributed by atoms with van der Waals surface area (Å²) in [5.41, 5.74) is 7.57. The molecular formula is C16H23ClN4. The second kappa shape index (κ2) is 6.94. The maximum atomic E-state index is 8.38. The molecule has 0 atom stereocenters. The number of halogens is 1. The van der Waals surface area contributed by atoms with Crippen LogP contribution in [-0.4, -0.2) is 10.4 Å². The normalized spacial score (nSPS) is 17.0. The van der Waals surface area contributed by atoms with E-state index in [0.29, 0.717) is 16.7 Å². The molecule has 0 saturated heterocycles. The fraction of sp³-hybridized carbons (Fsp3) is 0.500. The Kier molecular flexibility index (Phi) is 5.23. The lowest BCUT2D eigenvalue weighted by molar-refractivity contribution is 0.431. The first-order valence-electron chi connectivity index (χ1n) is 7.56. The van der Waals surface area contributed by atoms with E-state index < -0.39 is 0 Å². The Morgan fingerprint density at radius 2 is 2.05 bits per heavy atom. The molecule has 0 aromatic carbocycles. The van der Waals surface area contributed by atoms with Crippen molar-refractivity contribution in [1.82, 2.24) is 4.57 Å². The summed E-state index contributed by atoms with van der Waals surface area (Å²) in [7, 11) is 0. The largest absolute Gasteiger partial charge is 0.398 e. The van der Waals surface area contributed by atoms with Crippen LogP contribution in [0.2, 0.25) is 5.15 Å². The van der Waals surface area contributed by atoms with E-state index in [-0.39, 0.29) is 11.4 Å². The van der Waals surface area contributed by atoms with Crippen LogP contribution >= 0.6 is 11.6 Å². The number of rotatable bonds is 3. The minimum Gasteiger partial charge on any atom is -0.398 e. The number of pyridine rings is 1. The molecule has 1 aliphatic rings. The lowest BCUT2D eigenvalue weighted by atomic mass is 9.88. The van der Waals surface area contributed by atoms with E-state index in [0.717, 1.165) is 37.7 Å². The maximum Gasteiger partial charge on any atom is 0.132 e. The highest BCUT2D eigenvalue weighted by Gasteiger charge is 2.21. The van der Waals surface area contributed by atoms with Crippen LogP contribution in [0.25, 0.3) is 5.70 Å². The molecule has 1 heterocycles. The fourth-order valence-electron chi connectivity index (χ4n) is 2.87. The molecule has 1 aromatic rings. The third-order valence-electron chi connectivity index (χ3n) is 4.01. The molecule has 1 aliphatic carbocycles. The molecule has 0 bridgehead atoms. The van der Waals surface area contributed by atoms with Crippen LogP contribution in [0.3, 0.4) is 0 Å². The Bertz CT molecular complexity index is 609. The van der Waals surface area contributed by atoms with Gasteiger partial charge in [0.15, 0.2) is 0 Å². The monoisotopic (exact) mass is 306 g/mol. The van der Waals surface area contributed by atoms with Crippen molar-refractivity contribution >= 4 is 23.1 Å². The molecule has 114 valence electrons. The highest BCUT2D eigenvalue weighted by Crippen LogP contribution is 2.26. The zero-order chi connectivity index (χ0) is 15.4. The molecule has 5 heteroatoms. The average molecular weight is 307 g/mol. The van der Waals surface area contributed by atoms with Crippen molar-refractivity contribution < 1.29 is 0 Å². The van der Waals surface area contributed by atoms with Crippen LogP contribution in [-0.2, 0) is 0 Å².